The Morgan fingerprint density at radius 2 is 1.77 bits per heavy atom. The number of rotatable bonds is 12. The molecule has 3 aromatic carbocycles. The highest BCUT2D eigenvalue weighted by Crippen LogP contribution is 2.45. The van der Waals surface area contributed by atoms with Gasteiger partial charge in [-0.3, -0.25) is 19.8 Å². The molecule has 0 radical (unpaired) electrons. The van der Waals surface area contributed by atoms with Gasteiger partial charge < -0.3 is 19.4 Å². The minimum Gasteiger partial charge on any atom is -0.487 e. The summed E-state index contributed by atoms with van der Waals surface area (Å²) in [5.41, 5.74) is 7.23. The van der Waals surface area contributed by atoms with E-state index in [1.165, 1.54) is 28.8 Å². The van der Waals surface area contributed by atoms with E-state index in [9.17, 15) is 23.3 Å². The van der Waals surface area contributed by atoms with E-state index in [0.29, 0.717) is 22.4 Å². The standard InChI is InChI=1S/C49H53ClN8O7S/c1-48(2)15-13-35(40(26-48)33-3-5-36(50)6-4-33)28-55-19-21-56(22-20-55)37-7-9-39(42(24-37)57-43-23-34-14-18-51-46(34)53-41(43)27-52-57)47(59)54-66(62,63)38-8-10-45(44(25-38)58(60)61)65-29-32-11-16-49(17-12-32)30-64-31-49/h3-10,14,18,23-25,27,32H,11-13,15-17,19-22,26,28-31H2,1-2H3,(H,51,53)(H,54,59). The number of carbonyl (C=O) groups is 1. The zero-order chi connectivity index (χ0) is 45.8. The number of allylic oxidation sites excluding steroid dienone is 1. The Morgan fingerprint density at radius 3 is 2.50 bits per heavy atom. The topological polar surface area (TPSA) is 178 Å². The van der Waals surface area contributed by atoms with Gasteiger partial charge in [0.15, 0.2) is 5.75 Å². The van der Waals surface area contributed by atoms with Crippen molar-refractivity contribution in [3.8, 4) is 11.4 Å². The summed E-state index contributed by atoms with van der Waals surface area (Å²) in [6.45, 7) is 10.5. The molecular weight excluding hydrogens is 880 g/mol. The molecule has 1 amide bonds. The number of nitro groups is 1. The second-order valence-electron chi connectivity index (χ2n) is 19.3. The van der Waals surface area contributed by atoms with E-state index in [2.05, 4.69) is 50.6 Å². The van der Waals surface area contributed by atoms with Gasteiger partial charge >= 0.3 is 5.69 Å². The molecule has 10 rings (SSSR count). The molecule has 3 fully saturated rings. The summed E-state index contributed by atoms with van der Waals surface area (Å²) in [4.78, 5) is 38.0. The lowest BCUT2D eigenvalue weighted by Crippen LogP contribution is -2.47. The van der Waals surface area contributed by atoms with E-state index in [4.69, 9.17) is 26.1 Å². The zero-order valence-electron chi connectivity index (χ0n) is 37.1. The lowest BCUT2D eigenvalue weighted by atomic mass is 9.69. The van der Waals surface area contributed by atoms with Gasteiger partial charge in [0.05, 0.1) is 52.6 Å². The fraction of sp³-hybridized carbons (Fsp3) is 0.408. The number of amides is 1. The molecule has 0 bridgehead atoms. The van der Waals surface area contributed by atoms with Gasteiger partial charge in [-0.1, -0.05) is 43.2 Å². The van der Waals surface area contributed by atoms with Gasteiger partial charge in [-0.15, -0.1) is 0 Å². The number of benzene rings is 3. The maximum Gasteiger partial charge on any atom is 0.312 e. The van der Waals surface area contributed by atoms with Gasteiger partial charge in [0.1, 0.15) is 11.2 Å². The van der Waals surface area contributed by atoms with Gasteiger partial charge in [0, 0.05) is 66.5 Å². The smallest absolute Gasteiger partial charge is 0.312 e. The number of hydrogen-bond acceptors (Lipinski definition) is 11. The third-order valence-electron chi connectivity index (χ3n) is 14.2. The van der Waals surface area contributed by atoms with Crippen LogP contribution in [0.1, 0.15) is 74.7 Å². The maximum absolute atomic E-state index is 14.2. The van der Waals surface area contributed by atoms with Crippen molar-refractivity contribution in [2.24, 2.45) is 16.7 Å². The number of aromatic nitrogens is 4. The number of hydrogen-bond donors (Lipinski definition) is 2. The van der Waals surface area contributed by atoms with Crippen molar-refractivity contribution < 1.29 is 27.6 Å². The minimum atomic E-state index is -4.60. The molecule has 3 aromatic heterocycles. The van der Waals surface area contributed by atoms with Gasteiger partial charge in [-0.25, -0.2) is 22.8 Å². The van der Waals surface area contributed by atoms with E-state index in [1.54, 1.807) is 23.1 Å². The molecule has 4 aliphatic rings. The Morgan fingerprint density at radius 1 is 1.00 bits per heavy atom. The molecule has 2 aliphatic carbocycles. The molecule has 5 heterocycles. The lowest BCUT2D eigenvalue weighted by Gasteiger charge is -2.46. The first kappa shape index (κ1) is 44.0. The number of nitrogens with one attached hydrogen (secondary N) is 2. The quantitative estimate of drug-likeness (QED) is 0.0885. The van der Waals surface area contributed by atoms with E-state index in [1.807, 2.05) is 36.4 Å². The van der Waals surface area contributed by atoms with Crippen LogP contribution in [0.5, 0.6) is 5.75 Å². The van der Waals surface area contributed by atoms with Gasteiger partial charge in [0.2, 0.25) is 0 Å². The highest BCUT2D eigenvalue weighted by molar-refractivity contribution is 7.90. The summed E-state index contributed by atoms with van der Waals surface area (Å²) in [5, 5.41) is 18.5. The van der Waals surface area contributed by atoms with Crippen LogP contribution in [0.2, 0.25) is 5.02 Å². The summed E-state index contributed by atoms with van der Waals surface area (Å²) in [6.07, 6.45) is 10.5. The van der Waals surface area contributed by atoms with Gasteiger partial charge in [0.25, 0.3) is 15.9 Å². The van der Waals surface area contributed by atoms with Crippen molar-refractivity contribution in [1.29, 1.82) is 0 Å². The number of piperazine rings is 1. The first-order valence-electron chi connectivity index (χ1n) is 22.7. The molecule has 0 unspecified atom stereocenters. The molecule has 1 saturated carbocycles. The number of fused-ring (bicyclic) bond motifs is 2. The Hall–Kier alpha value is -5.81. The Labute approximate surface area is 388 Å². The van der Waals surface area contributed by atoms with Crippen molar-refractivity contribution in [3.05, 3.63) is 117 Å². The molecule has 17 heteroatoms. The number of sulfonamides is 1. The van der Waals surface area contributed by atoms with Gasteiger partial charge in [-0.2, -0.15) is 5.10 Å². The number of nitro benzene ring substituents is 1. The normalized spacial score (nSPS) is 19.0. The highest BCUT2D eigenvalue weighted by Gasteiger charge is 2.42. The van der Waals surface area contributed by atoms with Crippen LogP contribution in [0, 0.1) is 26.9 Å². The summed E-state index contributed by atoms with van der Waals surface area (Å²) in [6, 6.07) is 20.7. The average Bonchev–Trinajstić information content (AvgIpc) is 3.94. The summed E-state index contributed by atoms with van der Waals surface area (Å²) in [5.74, 6) is -0.715. The largest absolute Gasteiger partial charge is 0.487 e. The lowest BCUT2D eigenvalue weighted by molar-refractivity contribution is -0.386. The second-order valence-corrected chi connectivity index (χ2v) is 21.4. The number of anilines is 1. The number of nitrogens with zero attached hydrogens (tertiary/aromatic N) is 6. The monoisotopic (exact) mass is 932 g/mol. The number of aromatic amines is 1. The molecule has 0 atom stereocenters. The van der Waals surface area contributed by atoms with Crippen LogP contribution in [0.25, 0.3) is 33.3 Å². The predicted octanol–water partition coefficient (Wildman–Crippen LogP) is 8.95. The third kappa shape index (κ3) is 8.91. The van der Waals surface area contributed by atoms with Crippen molar-refractivity contribution in [1.82, 2.24) is 29.4 Å². The van der Waals surface area contributed by atoms with Crippen LogP contribution in [0.3, 0.4) is 0 Å². The molecule has 2 saturated heterocycles. The maximum atomic E-state index is 14.2. The number of carbonyl (C=O) groups excluding carboxylic acids is 1. The van der Waals surface area contributed by atoms with E-state index in [0.717, 1.165) is 113 Å². The number of H-pyrrole nitrogens is 1. The van der Waals surface area contributed by atoms with E-state index in [-0.39, 0.29) is 34.7 Å². The summed E-state index contributed by atoms with van der Waals surface area (Å²) in [7, 11) is -4.60. The van der Waals surface area contributed by atoms with Crippen LogP contribution >= 0.6 is 11.6 Å². The van der Waals surface area contributed by atoms with Crippen LogP contribution in [-0.2, 0) is 14.8 Å². The Bertz CT molecular complexity index is 2980. The molecule has 2 aliphatic heterocycles. The molecule has 1 spiro atoms. The van der Waals surface area contributed by atoms with Crippen molar-refractivity contribution in [2.75, 3.05) is 57.4 Å². The zero-order valence-corrected chi connectivity index (χ0v) is 38.7. The molecule has 344 valence electrons. The first-order chi connectivity index (χ1) is 31.7. The second kappa shape index (κ2) is 17.4. The van der Waals surface area contributed by atoms with E-state index >= 15 is 0 Å². The number of ether oxygens (including phenoxy) is 2. The first-order valence-corrected chi connectivity index (χ1v) is 24.5. The van der Waals surface area contributed by atoms with Crippen LogP contribution in [-0.4, -0.2) is 96.4 Å². The van der Waals surface area contributed by atoms with Crippen LogP contribution < -0.4 is 14.4 Å². The molecular formula is C49H53ClN8O7S. The van der Waals surface area contributed by atoms with Crippen molar-refractivity contribution >= 4 is 66.5 Å². The molecule has 6 aromatic rings. The third-order valence-corrected chi connectivity index (χ3v) is 15.8. The van der Waals surface area contributed by atoms with E-state index < -0.39 is 31.4 Å². The summed E-state index contributed by atoms with van der Waals surface area (Å²) >= 11 is 6.26. The minimum absolute atomic E-state index is 0.0234. The highest BCUT2D eigenvalue weighted by atomic mass is 35.5. The van der Waals surface area contributed by atoms with Crippen molar-refractivity contribution in [2.45, 2.75) is 63.7 Å². The van der Waals surface area contributed by atoms with Crippen molar-refractivity contribution in [3.63, 3.8) is 0 Å². The SMILES string of the molecule is CC1(C)CCC(CN2CCN(c3ccc(C(=O)NS(=O)(=O)c4ccc(OCC5CCC6(CC5)COC6)c([N+](=O)[O-])c4)c(-n4ncc5nc6[nH]ccc6cc54)c3)CC2)=C(c2ccc(Cl)cc2)C1. The number of halogens is 1. The average molecular weight is 934 g/mol. The Balaban J connectivity index is 0.890. The fourth-order valence-electron chi connectivity index (χ4n) is 10.1. The number of pyridine rings is 1. The van der Waals surface area contributed by atoms with Crippen LogP contribution in [0.15, 0.2) is 95.7 Å². The van der Waals surface area contributed by atoms with Gasteiger partial charge in [-0.05, 0) is 122 Å². The molecule has 15 nitrogen and oxygen atoms in total. The molecule has 66 heavy (non-hydrogen) atoms. The molecule has 2 N–H and O–H groups in total. The van der Waals surface area contributed by atoms with Crippen LogP contribution in [0.4, 0.5) is 11.4 Å². The fourth-order valence-corrected chi connectivity index (χ4v) is 11.2. The predicted molar refractivity (Wildman–Crippen MR) is 254 cm³/mol. The summed E-state index contributed by atoms with van der Waals surface area (Å²) < 4.78 is 43.0. The Kier molecular flexibility index (Phi) is 11.6.